The standard InChI is InChI=1S/C13H20N4O.HI/c1-3-18-12-10(5-4-8-15-12)9-16-13(14)17(2)11-6-7-11;/h4-5,8,11H,3,6-7,9H2,1-2H3,(H2,14,16);1H. The van der Waals surface area contributed by atoms with Gasteiger partial charge in [-0.15, -0.1) is 24.0 Å². The van der Waals surface area contributed by atoms with Crippen molar-refractivity contribution < 1.29 is 4.74 Å². The predicted octanol–water partition coefficient (Wildman–Crippen LogP) is 2.01. The zero-order valence-electron chi connectivity index (χ0n) is 11.4. The summed E-state index contributed by atoms with van der Waals surface area (Å²) in [6, 6.07) is 4.43. The number of halogens is 1. The molecule has 0 aromatic carbocycles. The second kappa shape index (κ2) is 7.52. The third kappa shape index (κ3) is 4.52. The Bertz CT molecular complexity index is 434. The topological polar surface area (TPSA) is 63.7 Å². The Balaban J connectivity index is 0.00000180. The number of nitrogens with zero attached hydrogens (tertiary/aromatic N) is 3. The van der Waals surface area contributed by atoms with Crippen LogP contribution in [0.25, 0.3) is 0 Å². The zero-order valence-corrected chi connectivity index (χ0v) is 13.7. The van der Waals surface area contributed by atoms with E-state index in [0.717, 1.165) is 5.56 Å². The van der Waals surface area contributed by atoms with Gasteiger partial charge in [-0.05, 0) is 25.8 Å². The van der Waals surface area contributed by atoms with Crippen molar-refractivity contribution in [3.8, 4) is 5.88 Å². The molecule has 1 aromatic rings. The molecule has 0 atom stereocenters. The number of aromatic nitrogens is 1. The summed E-state index contributed by atoms with van der Waals surface area (Å²) in [5, 5.41) is 0. The summed E-state index contributed by atoms with van der Waals surface area (Å²) < 4.78 is 5.45. The van der Waals surface area contributed by atoms with Crippen LogP contribution in [0.15, 0.2) is 23.3 Å². The van der Waals surface area contributed by atoms with E-state index in [1.54, 1.807) is 6.20 Å². The van der Waals surface area contributed by atoms with E-state index in [2.05, 4.69) is 9.98 Å². The van der Waals surface area contributed by atoms with Gasteiger partial charge in [-0.3, -0.25) is 0 Å². The molecule has 1 aliphatic carbocycles. The summed E-state index contributed by atoms with van der Waals surface area (Å²) in [5.74, 6) is 1.23. The van der Waals surface area contributed by atoms with Gasteiger partial charge in [0.2, 0.25) is 5.88 Å². The molecule has 6 heteroatoms. The highest BCUT2D eigenvalue weighted by atomic mass is 127. The first-order valence-electron chi connectivity index (χ1n) is 6.31. The maximum absolute atomic E-state index is 5.94. The van der Waals surface area contributed by atoms with Gasteiger partial charge in [0.25, 0.3) is 0 Å². The fraction of sp³-hybridized carbons (Fsp3) is 0.538. The lowest BCUT2D eigenvalue weighted by molar-refractivity contribution is 0.323. The van der Waals surface area contributed by atoms with Crippen LogP contribution in [0.3, 0.4) is 0 Å². The summed E-state index contributed by atoms with van der Waals surface area (Å²) in [7, 11) is 1.99. The van der Waals surface area contributed by atoms with E-state index >= 15 is 0 Å². The number of nitrogens with two attached hydrogens (primary N) is 1. The SMILES string of the molecule is CCOc1ncccc1CN=C(N)N(C)C1CC1.I. The van der Waals surface area contributed by atoms with Crippen LogP contribution in [0.4, 0.5) is 0 Å². The Morgan fingerprint density at radius 3 is 2.95 bits per heavy atom. The highest BCUT2D eigenvalue weighted by Crippen LogP contribution is 2.25. The number of hydrogen-bond donors (Lipinski definition) is 1. The van der Waals surface area contributed by atoms with Crippen molar-refractivity contribution in [1.82, 2.24) is 9.88 Å². The van der Waals surface area contributed by atoms with E-state index in [4.69, 9.17) is 10.5 Å². The third-order valence-electron chi connectivity index (χ3n) is 3.00. The van der Waals surface area contributed by atoms with Gasteiger partial charge in [0.05, 0.1) is 13.2 Å². The van der Waals surface area contributed by atoms with Crippen molar-refractivity contribution in [3.05, 3.63) is 23.9 Å². The Kier molecular flexibility index (Phi) is 6.33. The second-order valence-corrected chi connectivity index (χ2v) is 4.42. The molecule has 2 N–H and O–H groups in total. The number of ether oxygens (including phenoxy) is 1. The molecule has 0 amide bonds. The van der Waals surface area contributed by atoms with Gasteiger partial charge in [0.15, 0.2) is 5.96 Å². The fourth-order valence-corrected chi connectivity index (χ4v) is 1.74. The first-order chi connectivity index (χ1) is 8.72. The van der Waals surface area contributed by atoms with E-state index in [0.29, 0.717) is 31.0 Å². The number of hydrogen-bond acceptors (Lipinski definition) is 3. The molecule has 1 heterocycles. The Labute approximate surface area is 131 Å². The van der Waals surface area contributed by atoms with Crippen LogP contribution in [0.1, 0.15) is 25.3 Å². The highest BCUT2D eigenvalue weighted by Gasteiger charge is 2.27. The second-order valence-electron chi connectivity index (χ2n) is 4.42. The zero-order chi connectivity index (χ0) is 13.0. The number of guanidine groups is 1. The van der Waals surface area contributed by atoms with Crippen molar-refractivity contribution in [2.75, 3.05) is 13.7 Å². The van der Waals surface area contributed by atoms with Crippen molar-refractivity contribution in [2.45, 2.75) is 32.4 Å². The van der Waals surface area contributed by atoms with Gasteiger partial charge in [0.1, 0.15) is 0 Å². The number of rotatable bonds is 5. The van der Waals surface area contributed by atoms with Gasteiger partial charge in [0, 0.05) is 24.8 Å². The normalized spacial score (nSPS) is 14.7. The summed E-state index contributed by atoms with van der Waals surface area (Å²) in [5.41, 5.74) is 6.91. The van der Waals surface area contributed by atoms with E-state index in [1.165, 1.54) is 12.8 Å². The summed E-state index contributed by atoms with van der Waals surface area (Å²) in [4.78, 5) is 10.6. The molecule has 1 fully saturated rings. The monoisotopic (exact) mass is 376 g/mol. The molecule has 0 radical (unpaired) electrons. The summed E-state index contributed by atoms with van der Waals surface area (Å²) in [6.07, 6.45) is 4.14. The molecule has 1 aliphatic rings. The summed E-state index contributed by atoms with van der Waals surface area (Å²) >= 11 is 0. The number of pyridine rings is 1. The van der Waals surface area contributed by atoms with Crippen molar-refractivity contribution in [1.29, 1.82) is 0 Å². The first-order valence-corrected chi connectivity index (χ1v) is 6.31. The molecule has 0 spiro atoms. The van der Waals surface area contributed by atoms with Gasteiger partial charge in [-0.2, -0.15) is 0 Å². The van der Waals surface area contributed by atoms with Crippen LogP contribution in [0.2, 0.25) is 0 Å². The first kappa shape index (κ1) is 16.0. The molecule has 0 aliphatic heterocycles. The average molecular weight is 376 g/mol. The van der Waals surface area contributed by atoms with Crippen LogP contribution >= 0.6 is 24.0 Å². The van der Waals surface area contributed by atoms with Crippen LogP contribution in [-0.4, -0.2) is 35.5 Å². The van der Waals surface area contributed by atoms with Crippen LogP contribution in [0, 0.1) is 0 Å². The molecule has 1 aromatic heterocycles. The minimum atomic E-state index is 0. The Hall–Kier alpha value is -1.05. The fourth-order valence-electron chi connectivity index (χ4n) is 1.74. The van der Waals surface area contributed by atoms with Crippen molar-refractivity contribution >= 4 is 29.9 Å². The maximum atomic E-state index is 5.94. The summed E-state index contributed by atoms with van der Waals surface area (Å²) in [6.45, 7) is 3.05. The lowest BCUT2D eigenvalue weighted by Crippen LogP contribution is -2.35. The van der Waals surface area contributed by atoms with E-state index in [9.17, 15) is 0 Å². The van der Waals surface area contributed by atoms with E-state index in [1.807, 2.05) is 31.0 Å². The third-order valence-corrected chi connectivity index (χ3v) is 3.00. The van der Waals surface area contributed by atoms with Gasteiger partial charge >= 0.3 is 0 Å². The molecule has 0 unspecified atom stereocenters. The van der Waals surface area contributed by atoms with Crippen LogP contribution in [-0.2, 0) is 6.54 Å². The minimum Gasteiger partial charge on any atom is -0.478 e. The molecule has 1 saturated carbocycles. The Morgan fingerprint density at radius 2 is 2.32 bits per heavy atom. The largest absolute Gasteiger partial charge is 0.478 e. The van der Waals surface area contributed by atoms with Gasteiger partial charge in [-0.1, -0.05) is 6.07 Å². The molecule has 106 valence electrons. The van der Waals surface area contributed by atoms with Crippen molar-refractivity contribution in [3.63, 3.8) is 0 Å². The predicted molar refractivity (Wildman–Crippen MR) is 86.9 cm³/mol. The van der Waals surface area contributed by atoms with E-state index < -0.39 is 0 Å². The molecule has 19 heavy (non-hydrogen) atoms. The highest BCUT2D eigenvalue weighted by molar-refractivity contribution is 14.0. The average Bonchev–Trinajstić information content (AvgIpc) is 3.21. The molecule has 0 saturated heterocycles. The molecular formula is C13H21IN4O. The number of aliphatic imine (C=N–C) groups is 1. The maximum Gasteiger partial charge on any atom is 0.218 e. The van der Waals surface area contributed by atoms with Crippen LogP contribution < -0.4 is 10.5 Å². The Morgan fingerprint density at radius 1 is 1.58 bits per heavy atom. The van der Waals surface area contributed by atoms with Crippen molar-refractivity contribution in [2.24, 2.45) is 10.7 Å². The quantitative estimate of drug-likeness (QED) is 0.485. The lowest BCUT2D eigenvalue weighted by Gasteiger charge is -2.17. The molecule has 2 rings (SSSR count). The molecular weight excluding hydrogens is 355 g/mol. The van der Waals surface area contributed by atoms with E-state index in [-0.39, 0.29) is 24.0 Å². The van der Waals surface area contributed by atoms with Gasteiger partial charge < -0.3 is 15.4 Å². The molecule has 0 bridgehead atoms. The smallest absolute Gasteiger partial charge is 0.218 e. The lowest BCUT2D eigenvalue weighted by atomic mass is 10.3. The minimum absolute atomic E-state index is 0. The van der Waals surface area contributed by atoms with Gasteiger partial charge in [-0.25, -0.2) is 9.98 Å². The van der Waals surface area contributed by atoms with Crippen LogP contribution in [0.5, 0.6) is 5.88 Å². The molecule has 5 nitrogen and oxygen atoms in total.